The number of carbonyl (C=O) groups is 1. The van der Waals surface area contributed by atoms with Crippen LogP contribution in [-0.4, -0.2) is 21.9 Å². The van der Waals surface area contributed by atoms with Gasteiger partial charge in [0, 0.05) is 22.9 Å². The van der Waals surface area contributed by atoms with E-state index in [2.05, 4.69) is 10.3 Å². The lowest BCUT2D eigenvalue weighted by molar-refractivity contribution is -0.118. The second-order valence-electron chi connectivity index (χ2n) is 6.91. The number of nitrogens with zero attached hydrogens (tertiary/aromatic N) is 2. The summed E-state index contributed by atoms with van der Waals surface area (Å²) in [4.78, 5) is 30.3. The third kappa shape index (κ3) is 5.13. The van der Waals surface area contributed by atoms with Crippen molar-refractivity contribution < 1.29 is 9.53 Å². The van der Waals surface area contributed by atoms with Gasteiger partial charge in [0.15, 0.2) is 6.61 Å². The van der Waals surface area contributed by atoms with E-state index < -0.39 is 0 Å². The van der Waals surface area contributed by atoms with E-state index in [1.807, 2.05) is 61.5 Å². The summed E-state index contributed by atoms with van der Waals surface area (Å²) < 4.78 is 7.05. The smallest absolute Gasteiger partial charge is 0.262 e. The highest BCUT2D eigenvalue weighted by Gasteiger charge is 2.10. The maximum absolute atomic E-state index is 12.4. The highest BCUT2D eigenvalue weighted by Crippen LogP contribution is 2.29. The largest absolute Gasteiger partial charge is 0.484 e. The predicted octanol–water partition coefficient (Wildman–Crippen LogP) is 4.31. The van der Waals surface area contributed by atoms with Crippen LogP contribution in [0.5, 0.6) is 5.75 Å². The molecule has 1 amide bonds. The number of para-hydroxylation sites is 2. The van der Waals surface area contributed by atoms with Crippen LogP contribution in [0.15, 0.2) is 88.7 Å². The minimum atomic E-state index is -0.241. The fourth-order valence-corrected chi connectivity index (χ4v) is 3.98. The summed E-state index contributed by atoms with van der Waals surface area (Å²) in [5, 5.41) is 2.90. The summed E-state index contributed by atoms with van der Waals surface area (Å²) in [7, 11) is 0. The van der Waals surface area contributed by atoms with Crippen molar-refractivity contribution in [3.63, 3.8) is 0 Å². The molecule has 1 N–H and O–H groups in total. The van der Waals surface area contributed by atoms with Crippen LogP contribution in [0.3, 0.4) is 0 Å². The first kappa shape index (κ1) is 20.7. The van der Waals surface area contributed by atoms with Crippen molar-refractivity contribution in [1.82, 2.24) is 9.38 Å². The van der Waals surface area contributed by atoms with Crippen molar-refractivity contribution in [2.45, 2.75) is 17.6 Å². The topological polar surface area (TPSA) is 72.7 Å². The fourth-order valence-electron chi connectivity index (χ4n) is 3.08. The van der Waals surface area contributed by atoms with Gasteiger partial charge in [-0.15, -0.1) is 11.8 Å². The van der Waals surface area contributed by atoms with Gasteiger partial charge in [0.1, 0.15) is 11.4 Å². The van der Waals surface area contributed by atoms with E-state index in [-0.39, 0.29) is 18.1 Å². The molecule has 0 saturated carbocycles. The van der Waals surface area contributed by atoms with Gasteiger partial charge >= 0.3 is 0 Å². The number of fused-ring (bicyclic) bond motifs is 1. The first-order valence-electron chi connectivity index (χ1n) is 9.77. The van der Waals surface area contributed by atoms with Gasteiger partial charge in [0.05, 0.1) is 11.4 Å². The van der Waals surface area contributed by atoms with Crippen LogP contribution >= 0.6 is 11.8 Å². The number of aromatic nitrogens is 2. The Morgan fingerprint density at radius 1 is 1.06 bits per heavy atom. The summed E-state index contributed by atoms with van der Waals surface area (Å²) in [6, 6.07) is 22.1. The van der Waals surface area contributed by atoms with E-state index in [0.717, 1.165) is 10.5 Å². The normalized spacial score (nSPS) is 10.7. The molecule has 0 atom stereocenters. The van der Waals surface area contributed by atoms with Gasteiger partial charge in [-0.2, -0.15) is 0 Å². The molecule has 6 nitrogen and oxygen atoms in total. The zero-order chi connectivity index (χ0) is 21.6. The van der Waals surface area contributed by atoms with Crippen molar-refractivity contribution in [3.05, 3.63) is 101 Å². The van der Waals surface area contributed by atoms with Crippen molar-refractivity contribution in [2.75, 3.05) is 11.9 Å². The Balaban J connectivity index is 1.44. The van der Waals surface area contributed by atoms with Gasteiger partial charge in [-0.1, -0.05) is 36.4 Å². The maximum Gasteiger partial charge on any atom is 0.262 e. The van der Waals surface area contributed by atoms with E-state index in [1.165, 1.54) is 11.8 Å². The maximum atomic E-state index is 12.4. The standard InChI is InChI=1S/C24H21N3O3S/c1-17-8-7-13-27-23(29)14-18(25-24(17)27)16-31-21-12-6-5-11-20(21)26-22(28)15-30-19-9-3-2-4-10-19/h2-14H,15-16H2,1H3,(H,26,28). The van der Waals surface area contributed by atoms with Crippen LogP contribution in [0, 0.1) is 6.92 Å². The Morgan fingerprint density at radius 3 is 2.68 bits per heavy atom. The molecule has 2 aromatic heterocycles. The summed E-state index contributed by atoms with van der Waals surface area (Å²) in [6.07, 6.45) is 1.72. The zero-order valence-corrected chi connectivity index (χ0v) is 17.8. The molecule has 4 rings (SSSR count). The number of hydrogen-bond donors (Lipinski definition) is 1. The van der Waals surface area contributed by atoms with Crippen LogP contribution in [0.25, 0.3) is 5.65 Å². The Bertz CT molecular complexity index is 1270. The summed E-state index contributed by atoms with van der Waals surface area (Å²) in [5.41, 5.74) is 2.88. The summed E-state index contributed by atoms with van der Waals surface area (Å²) in [6.45, 7) is 1.85. The van der Waals surface area contributed by atoms with Crippen molar-refractivity contribution in [1.29, 1.82) is 0 Å². The number of anilines is 1. The molecule has 0 radical (unpaired) electrons. The average Bonchev–Trinajstić information content (AvgIpc) is 2.78. The second-order valence-corrected chi connectivity index (χ2v) is 7.92. The number of hydrogen-bond acceptors (Lipinski definition) is 5. The Hall–Kier alpha value is -3.58. The van der Waals surface area contributed by atoms with Crippen LogP contribution in [0.1, 0.15) is 11.3 Å². The van der Waals surface area contributed by atoms with Gasteiger partial charge in [-0.3, -0.25) is 14.0 Å². The van der Waals surface area contributed by atoms with Crippen molar-refractivity contribution in [3.8, 4) is 5.75 Å². The summed E-state index contributed by atoms with van der Waals surface area (Å²) in [5.74, 6) is 0.909. The molecule has 0 unspecified atom stereocenters. The fraction of sp³-hybridized carbons (Fsp3) is 0.125. The number of benzene rings is 2. The Kier molecular flexibility index (Phi) is 6.33. The Morgan fingerprint density at radius 2 is 1.84 bits per heavy atom. The molecule has 31 heavy (non-hydrogen) atoms. The third-order valence-electron chi connectivity index (χ3n) is 4.59. The minimum absolute atomic E-state index is 0.0781. The molecule has 156 valence electrons. The van der Waals surface area contributed by atoms with E-state index in [9.17, 15) is 9.59 Å². The van der Waals surface area contributed by atoms with E-state index >= 15 is 0 Å². The molecule has 0 fully saturated rings. The van der Waals surface area contributed by atoms with Gasteiger partial charge < -0.3 is 10.1 Å². The highest BCUT2D eigenvalue weighted by atomic mass is 32.2. The number of ether oxygens (including phenoxy) is 1. The molecule has 0 spiro atoms. The molecule has 0 aliphatic carbocycles. The second kappa shape index (κ2) is 9.49. The number of aryl methyl sites for hydroxylation is 1. The first-order valence-corrected chi connectivity index (χ1v) is 10.8. The van der Waals surface area contributed by atoms with Crippen LogP contribution < -0.4 is 15.6 Å². The van der Waals surface area contributed by atoms with Crippen molar-refractivity contribution in [2.24, 2.45) is 0 Å². The minimum Gasteiger partial charge on any atom is -0.484 e. The predicted molar refractivity (Wildman–Crippen MR) is 123 cm³/mol. The monoisotopic (exact) mass is 431 g/mol. The quantitative estimate of drug-likeness (QED) is 0.442. The average molecular weight is 432 g/mol. The van der Waals surface area contributed by atoms with Gasteiger partial charge in [0.2, 0.25) is 0 Å². The van der Waals surface area contributed by atoms with Crippen LogP contribution in [0.2, 0.25) is 0 Å². The molecule has 0 bridgehead atoms. The zero-order valence-electron chi connectivity index (χ0n) is 16.9. The van der Waals surface area contributed by atoms with Gasteiger partial charge in [0.25, 0.3) is 11.5 Å². The van der Waals surface area contributed by atoms with E-state index in [1.54, 1.807) is 28.8 Å². The SMILES string of the molecule is Cc1cccn2c(=O)cc(CSc3ccccc3NC(=O)COc3ccccc3)nc12. The molecular weight excluding hydrogens is 410 g/mol. The molecular formula is C24H21N3O3S. The number of rotatable bonds is 7. The lowest BCUT2D eigenvalue weighted by Crippen LogP contribution is -2.20. The first-order chi connectivity index (χ1) is 15.1. The highest BCUT2D eigenvalue weighted by molar-refractivity contribution is 7.98. The molecule has 7 heteroatoms. The van der Waals surface area contributed by atoms with Gasteiger partial charge in [-0.05, 0) is 42.8 Å². The number of pyridine rings is 1. The lowest BCUT2D eigenvalue weighted by atomic mass is 10.3. The number of nitrogens with one attached hydrogen (secondary N) is 1. The molecule has 2 aromatic carbocycles. The lowest BCUT2D eigenvalue weighted by Gasteiger charge is -2.12. The molecule has 2 heterocycles. The Labute approximate surface area is 183 Å². The van der Waals surface area contributed by atoms with E-state index in [0.29, 0.717) is 28.5 Å². The number of carbonyl (C=O) groups excluding carboxylic acids is 1. The third-order valence-corrected chi connectivity index (χ3v) is 5.70. The number of thioether (sulfide) groups is 1. The van der Waals surface area contributed by atoms with Gasteiger partial charge in [-0.25, -0.2) is 4.98 Å². The number of amides is 1. The molecule has 4 aromatic rings. The molecule has 0 saturated heterocycles. The van der Waals surface area contributed by atoms with Crippen molar-refractivity contribution >= 4 is 29.0 Å². The van der Waals surface area contributed by atoms with Crippen LogP contribution in [0.4, 0.5) is 5.69 Å². The molecule has 0 aliphatic heterocycles. The molecule has 0 aliphatic rings. The van der Waals surface area contributed by atoms with E-state index in [4.69, 9.17) is 4.74 Å². The van der Waals surface area contributed by atoms with Crippen LogP contribution in [-0.2, 0) is 10.5 Å². The summed E-state index contributed by atoms with van der Waals surface area (Å²) >= 11 is 1.51.